The molecule has 0 bridgehead atoms. The van der Waals surface area contributed by atoms with E-state index in [0.29, 0.717) is 6.54 Å². The minimum Gasteiger partial charge on any atom is -0.326 e. The van der Waals surface area contributed by atoms with Crippen LogP contribution < -0.4 is 10.5 Å². The Labute approximate surface area is 101 Å². The summed E-state index contributed by atoms with van der Waals surface area (Å²) in [7, 11) is -3.59. The van der Waals surface area contributed by atoms with E-state index >= 15 is 0 Å². The molecule has 0 aliphatic carbocycles. The molecular formula is C11H15N3O2S. The molecule has 1 aromatic carbocycles. The second kappa shape index (κ2) is 5.77. The van der Waals surface area contributed by atoms with Gasteiger partial charge in [-0.2, -0.15) is 5.26 Å². The van der Waals surface area contributed by atoms with Gasteiger partial charge in [-0.05, 0) is 18.1 Å². The van der Waals surface area contributed by atoms with Gasteiger partial charge < -0.3 is 5.73 Å². The highest BCUT2D eigenvalue weighted by molar-refractivity contribution is 7.90. The number of nitrogens with one attached hydrogen (secondary N) is 1. The maximum atomic E-state index is 11.6. The molecule has 0 fully saturated rings. The van der Waals surface area contributed by atoms with Gasteiger partial charge in [0.05, 0.1) is 6.07 Å². The number of sulfonamides is 1. The Balaban J connectivity index is 2.78. The molecule has 0 aliphatic rings. The molecule has 0 heterocycles. The van der Waals surface area contributed by atoms with Gasteiger partial charge in [-0.15, -0.1) is 0 Å². The first-order valence-electron chi connectivity index (χ1n) is 5.16. The Kier molecular flexibility index (Phi) is 4.63. The van der Waals surface area contributed by atoms with E-state index in [4.69, 9.17) is 11.0 Å². The molecule has 6 heteroatoms. The molecule has 0 aromatic heterocycles. The second-order valence-electron chi connectivity index (χ2n) is 3.61. The first-order chi connectivity index (χ1) is 8.01. The zero-order valence-corrected chi connectivity index (χ0v) is 10.4. The van der Waals surface area contributed by atoms with Crippen molar-refractivity contribution in [3.05, 3.63) is 35.4 Å². The molecule has 1 aromatic rings. The summed E-state index contributed by atoms with van der Waals surface area (Å²) in [6.07, 6.45) is 0. The van der Waals surface area contributed by atoms with E-state index in [1.54, 1.807) is 6.07 Å². The van der Waals surface area contributed by atoms with Gasteiger partial charge in [0.1, 0.15) is 0 Å². The summed E-state index contributed by atoms with van der Waals surface area (Å²) in [6.45, 7) is 1.85. The summed E-state index contributed by atoms with van der Waals surface area (Å²) in [5, 5.41) is 7.52. The quantitative estimate of drug-likeness (QED) is 0.797. The summed E-state index contributed by atoms with van der Waals surface area (Å²) in [4.78, 5) is 0. The van der Waals surface area contributed by atoms with Crippen molar-refractivity contribution in [1.82, 2.24) is 4.72 Å². The Bertz CT molecular complexity index is 520. The molecule has 17 heavy (non-hydrogen) atoms. The maximum Gasteiger partial charge on any atom is 0.227 e. The number of hydrogen-bond donors (Lipinski definition) is 2. The summed E-state index contributed by atoms with van der Waals surface area (Å²) in [6, 6.07) is 9.01. The van der Waals surface area contributed by atoms with Crippen molar-refractivity contribution in [2.24, 2.45) is 5.73 Å². The monoisotopic (exact) mass is 253 g/mol. The van der Waals surface area contributed by atoms with Gasteiger partial charge in [0.15, 0.2) is 5.25 Å². The van der Waals surface area contributed by atoms with E-state index in [9.17, 15) is 8.42 Å². The van der Waals surface area contributed by atoms with Crippen LogP contribution in [0, 0.1) is 11.3 Å². The number of hydrogen-bond acceptors (Lipinski definition) is 4. The zero-order chi connectivity index (χ0) is 12.9. The van der Waals surface area contributed by atoms with Crippen LogP contribution in [0.25, 0.3) is 0 Å². The van der Waals surface area contributed by atoms with Gasteiger partial charge in [0.2, 0.25) is 10.0 Å². The van der Waals surface area contributed by atoms with Crippen LogP contribution >= 0.6 is 0 Å². The molecule has 3 N–H and O–H groups in total. The van der Waals surface area contributed by atoms with E-state index in [1.807, 2.05) is 24.3 Å². The second-order valence-corrected chi connectivity index (χ2v) is 5.70. The fourth-order valence-corrected chi connectivity index (χ4v) is 2.05. The number of nitriles is 1. The lowest BCUT2D eigenvalue weighted by Crippen LogP contribution is -2.31. The minimum absolute atomic E-state index is 0.154. The maximum absolute atomic E-state index is 11.6. The van der Waals surface area contributed by atoms with Crippen LogP contribution in [0.2, 0.25) is 0 Å². The van der Waals surface area contributed by atoms with Crippen LogP contribution in [0.1, 0.15) is 18.1 Å². The Morgan fingerprint density at radius 2 is 2.00 bits per heavy atom. The van der Waals surface area contributed by atoms with Crippen LogP contribution in [-0.4, -0.2) is 13.7 Å². The van der Waals surface area contributed by atoms with Crippen molar-refractivity contribution in [3.8, 4) is 6.07 Å². The predicted molar refractivity (Wildman–Crippen MR) is 65.2 cm³/mol. The highest BCUT2D eigenvalue weighted by Gasteiger charge is 2.19. The average Bonchev–Trinajstić information content (AvgIpc) is 2.35. The van der Waals surface area contributed by atoms with Gasteiger partial charge in [0.25, 0.3) is 0 Å². The number of nitrogens with two attached hydrogens (primary N) is 1. The molecule has 0 aliphatic heterocycles. The average molecular weight is 253 g/mol. The molecule has 0 spiro atoms. The third kappa shape index (κ3) is 3.53. The van der Waals surface area contributed by atoms with Crippen LogP contribution in [0.4, 0.5) is 0 Å². The summed E-state index contributed by atoms with van der Waals surface area (Å²) < 4.78 is 25.5. The minimum atomic E-state index is -3.59. The van der Waals surface area contributed by atoms with Crippen molar-refractivity contribution >= 4 is 10.0 Å². The van der Waals surface area contributed by atoms with Crippen molar-refractivity contribution in [2.45, 2.75) is 25.3 Å². The van der Waals surface area contributed by atoms with E-state index < -0.39 is 15.3 Å². The molecule has 1 atom stereocenters. The van der Waals surface area contributed by atoms with E-state index in [2.05, 4.69) is 4.72 Å². The van der Waals surface area contributed by atoms with E-state index in [-0.39, 0.29) is 6.54 Å². The number of benzene rings is 1. The van der Waals surface area contributed by atoms with Gasteiger partial charge >= 0.3 is 0 Å². The smallest absolute Gasteiger partial charge is 0.227 e. The van der Waals surface area contributed by atoms with Crippen molar-refractivity contribution in [3.63, 3.8) is 0 Å². The summed E-state index contributed by atoms with van der Waals surface area (Å²) in [5.41, 5.74) is 7.26. The topological polar surface area (TPSA) is 96.0 Å². The molecule has 1 unspecified atom stereocenters. The molecule has 5 nitrogen and oxygen atoms in total. The standard InChI is InChI=1S/C11H15N3O2S/c1-9(6-12)17(15,16)14-8-11-5-3-2-4-10(11)7-13/h2-5,9,14H,7-8,13H2,1H3. The molecular weight excluding hydrogens is 238 g/mol. The lowest BCUT2D eigenvalue weighted by Gasteiger charge is -2.10. The largest absolute Gasteiger partial charge is 0.326 e. The van der Waals surface area contributed by atoms with Gasteiger partial charge in [-0.25, -0.2) is 13.1 Å². The summed E-state index contributed by atoms with van der Waals surface area (Å²) in [5.74, 6) is 0. The predicted octanol–water partition coefficient (Wildman–Crippen LogP) is 0.477. The van der Waals surface area contributed by atoms with Crippen LogP contribution in [0.5, 0.6) is 0 Å². The van der Waals surface area contributed by atoms with Crippen LogP contribution in [-0.2, 0) is 23.1 Å². The molecule has 0 radical (unpaired) electrons. The normalized spacial score (nSPS) is 13.0. The Hall–Kier alpha value is -1.42. The number of rotatable bonds is 5. The van der Waals surface area contributed by atoms with Crippen LogP contribution in [0.15, 0.2) is 24.3 Å². The van der Waals surface area contributed by atoms with Crippen molar-refractivity contribution in [1.29, 1.82) is 5.26 Å². The summed E-state index contributed by atoms with van der Waals surface area (Å²) >= 11 is 0. The van der Waals surface area contributed by atoms with Crippen molar-refractivity contribution < 1.29 is 8.42 Å². The highest BCUT2D eigenvalue weighted by atomic mass is 32.2. The molecule has 0 saturated carbocycles. The number of nitrogens with zero attached hydrogens (tertiary/aromatic N) is 1. The fraction of sp³-hybridized carbons (Fsp3) is 0.364. The molecule has 92 valence electrons. The third-order valence-corrected chi connectivity index (χ3v) is 4.03. The first-order valence-corrected chi connectivity index (χ1v) is 6.71. The van der Waals surface area contributed by atoms with Crippen LogP contribution in [0.3, 0.4) is 0 Å². The third-order valence-electron chi connectivity index (χ3n) is 2.45. The molecule has 0 amide bonds. The van der Waals surface area contributed by atoms with Gasteiger partial charge in [0, 0.05) is 13.1 Å². The Morgan fingerprint density at radius 3 is 2.53 bits per heavy atom. The highest BCUT2D eigenvalue weighted by Crippen LogP contribution is 2.08. The first kappa shape index (κ1) is 13.6. The lowest BCUT2D eigenvalue weighted by atomic mass is 10.1. The van der Waals surface area contributed by atoms with E-state index in [0.717, 1.165) is 11.1 Å². The van der Waals surface area contributed by atoms with Crippen molar-refractivity contribution in [2.75, 3.05) is 0 Å². The van der Waals surface area contributed by atoms with E-state index in [1.165, 1.54) is 6.92 Å². The Morgan fingerprint density at radius 1 is 1.41 bits per heavy atom. The van der Waals surface area contributed by atoms with Gasteiger partial charge in [-0.1, -0.05) is 24.3 Å². The van der Waals surface area contributed by atoms with Gasteiger partial charge in [-0.3, -0.25) is 0 Å². The lowest BCUT2D eigenvalue weighted by molar-refractivity contribution is 0.576. The SMILES string of the molecule is CC(C#N)S(=O)(=O)NCc1ccccc1CN. The molecule has 1 rings (SSSR count). The fourth-order valence-electron chi connectivity index (χ4n) is 1.30. The molecule has 0 saturated heterocycles. The zero-order valence-electron chi connectivity index (χ0n) is 9.55.